The first kappa shape index (κ1) is 23.6. The molecule has 0 N–H and O–H groups in total. The number of rotatable bonds is 5. The van der Waals surface area contributed by atoms with E-state index < -0.39 is 53.9 Å². The van der Waals surface area contributed by atoms with Gasteiger partial charge < -0.3 is 8.37 Å². The molecule has 17 heteroatoms. The van der Waals surface area contributed by atoms with Crippen LogP contribution in [0.4, 0.5) is 26.3 Å². The third-order valence-electron chi connectivity index (χ3n) is 3.72. The molecule has 0 saturated carbocycles. The maximum atomic E-state index is 12.8. The predicted octanol–water partition coefficient (Wildman–Crippen LogP) is 3.19. The van der Waals surface area contributed by atoms with Crippen molar-refractivity contribution in [2.75, 3.05) is 0 Å². The van der Waals surface area contributed by atoms with Crippen molar-refractivity contribution >= 4 is 31.3 Å². The Bertz CT molecular complexity index is 1380. The highest BCUT2D eigenvalue weighted by molar-refractivity contribution is 7.88. The Morgan fingerprint density at radius 2 is 1.41 bits per heavy atom. The molecular weight excluding hydrogens is 496 g/mol. The third kappa shape index (κ3) is 4.29. The number of halogens is 6. The van der Waals surface area contributed by atoms with Gasteiger partial charge in [0.2, 0.25) is 5.88 Å². The maximum absolute atomic E-state index is 12.8. The van der Waals surface area contributed by atoms with Gasteiger partial charge in [0, 0.05) is 6.07 Å². The van der Waals surface area contributed by atoms with Crippen molar-refractivity contribution in [1.29, 1.82) is 0 Å². The molecule has 0 aliphatic rings. The molecule has 2 aromatic heterocycles. The number of nitrogens with zero attached hydrogens (tertiary/aromatic N) is 3. The van der Waals surface area contributed by atoms with E-state index >= 15 is 0 Å². The van der Waals surface area contributed by atoms with Crippen molar-refractivity contribution in [2.24, 2.45) is 0 Å². The molecule has 32 heavy (non-hydrogen) atoms. The molecule has 0 aliphatic carbocycles. The quantitative estimate of drug-likeness (QED) is 0.295. The van der Waals surface area contributed by atoms with E-state index in [2.05, 4.69) is 18.4 Å². The fourth-order valence-corrected chi connectivity index (χ4v) is 3.28. The smallest absolute Gasteiger partial charge is 0.375 e. The lowest BCUT2D eigenvalue weighted by atomic mass is 10.2. The van der Waals surface area contributed by atoms with Gasteiger partial charge in [-0.1, -0.05) is 18.2 Å². The molecule has 2 heterocycles. The third-order valence-corrected chi connectivity index (χ3v) is 5.64. The Kier molecular flexibility index (Phi) is 5.53. The van der Waals surface area contributed by atoms with E-state index in [1.807, 2.05) is 0 Å². The highest BCUT2D eigenvalue weighted by Crippen LogP contribution is 2.37. The van der Waals surface area contributed by atoms with Crippen molar-refractivity contribution in [3.8, 4) is 17.3 Å². The van der Waals surface area contributed by atoms with Gasteiger partial charge in [-0.15, -0.1) is 0 Å². The summed E-state index contributed by atoms with van der Waals surface area (Å²) in [5.74, 6) is -2.60. The molecule has 0 aliphatic heterocycles. The van der Waals surface area contributed by atoms with Crippen molar-refractivity contribution in [3.63, 3.8) is 0 Å². The second kappa shape index (κ2) is 7.51. The number of hydrogen-bond donors (Lipinski definition) is 0. The molecule has 0 radical (unpaired) electrons. The molecule has 0 unspecified atom stereocenters. The molecular formula is C15H9F6N3O6S2. The van der Waals surface area contributed by atoms with Crippen molar-refractivity contribution in [3.05, 3.63) is 42.1 Å². The van der Waals surface area contributed by atoms with Crippen LogP contribution in [0.5, 0.6) is 11.6 Å². The second-order valence-electron chi connectivity index (χ2n) is 5.96. The van der Waals surface area contributed by atoms with Crippen LogP contribution in [0.1, 0.15) is 5.69 Å². The first-order chi connectivity index (χ1) is 14.5. The number of para-hydroxylation sites is 1. The Morgan fingerprint density at radius 1 is 0.875 bits per heavy atom. The van der Waals surface area contributed by atoms with Crippen LogP contribution in [0.15, 0.2) is 36.4 Å². The molecule has 3 rings (SSSR count). The average molecular weight is 505 g/mol. The van der Waals surface area contributed by atoms with Crippen molar-refractivity contribution < 1.29 is 51.5 Å². The van der Waals surface area contributed by atoms with E-state index in [1.165, 1.54) is 31.2 Å². The van der Waals surface area contributed by atoms with Crippen LogP contribution in [0.25, 0.3) is 16.7 Å². The normalized spacial score (nSPS) is 13.3. The first-order valence-electron chi connectivity index (χ1n) is 8.01. The number of pyridine rings is 1. The van der Waals surface area contributed by atoms with E-state index in [1.54, 1.807) is 6.07 Å². The number of hydrogen-bond acceptors (Lipinski definition) is 8. The number of benzene rings is 1. The molecule has 1 aromatic carbocycles. The average Bonchev–Trinajstić information content (AvgIpc) is 2.96. The van der Waals surface area contributed by atoms with Crippen molar-refractivity contribution in [2.45, 2.75) is 17.9 Å². The predicted molar refractivity (Wildman–Crippen MR) is 94.8 cm³/mol. The number of aryl methyl sites for hydroxylation is 1. The maximum Gasteiger partial charge on any atom is 0.534 e. The SMILES string of the molecule is Cc1nn(-c2ccccc2)c2nc(OS(=O)(=O)C(F)(F)F)cc(OS(=O)(=O)C(F)(F)F)c12. The second-order valence-corrected chi connectivity index (χ2v) is 9.03. The molecule has 174 valence electrons. The summed E-state index contributed by atoms with van der Waals surface area (Å²) in [5.41, 5.74) is -12.3. The number of alkyl halides is 6. The highest BCUT2D eigenvalue weighted by atomic mass is 32.2. The minimum Gasteiger partial charge on any atom is -0.375 e. The standard InChI is InChI=1S/C15H9F6N3O6S2/c1-8-12-10(29-31(25,26)14(16,17)18)7-11(30-32(27,28)15(19,20)21)22-13(12)24(23-8)9-5-3-2-4-6-9/h2-7H,1H3. The van der Waals surface area contributed by atoms with E-state index in [-0.39, 0.29) is 17.4 Å². The molecule has 0 amide bonds. The fraction of sp³-hybridized carbons (Fsp3) is 0.200. The van der Waals surface area contributed by atoms with E-state index in [4.69, 9.17) is 0 Å². The zero-order valence-corrected chi connectivity index (χ0v) is 17.0. The van der Waals surface area contributed by atoms with Gasteiger partial charge in [-0.25, -0.2) is 4.68 Å². The summed E-state index contributed by atoms with van der Waals surface area (Å²) in [6.45, 7) is 1.23. The van der Waals surface area contributed by atoms with Crippen LogP contribution in [0.2, 0.25) is 0 Å². The van der Waals surface area contributed by atoms with E-state index in [0.717, 1.165) is 4.68 Å². The first-order valence-corrected chi connectivity index (χ1v) is 10.8. The number of aromatic nitrogens is 3. The Hall–Kier alpha value is -3.08. The van der Waals surface area contributed by atoms with Gasteiger partial charge >= 0.3 is 31.3 Å². The van der Waals surface area contributed by atoms with Gasteiger partial charge in [0.15, 0.2) is 11.4 Å². The molecule has 0 bridgehead atoms. The Morgan fingerprint density at radius 3 is 1.94 bits per heavy atom. The van der Waals surface area contributed by atoms with E-state index in [9.17, 15) is 43.2 Å². The lowest BCUT2D eigenvalue weighted by molar-refractivity contribution is -0.0503. The van der Waals surface area contributed by atoms with E-state index in [0.29, 0.717) is 0 Å². The summed E-state index contributed by atoms with van der Waals surface area (Å²) in [7, 11) is -12.6. The number of fused-ring (bicyclic) bond motifs is 1. The topological polar surface area (TPSA) is 117 Å². The Balaban J connectivity index is 2.30. The van der Waals surface area contributed by atoms with Crippen LogP contribution in [-0.2, 0) is 20.2 Å². The zero-order valence-electron chi connectivity index (χ0n) is 15.3. The largest absolute Gasteiger partial charge is 0.534 e. The van der Waals surface area contributed by atoms with Gasteiger partial charge in [0.05, 0.1) is 16.8 Å². The molecule has 3 aromatic rings. The van der Waals surface area contributed by atoms with Gasteiger partial charge in [0.25, 0.3) is 0 Å². The lowest BCUT2D eigenvalue weighted by Crippen LogP contribution is -2.29. The van der Waals surface area contributed by atoms with Gasteiger partial charge in [0.1, 0.15) is 0 Å². The van der Waals surface area contributed by atoms with Crippen LogP contribution in [0, 0.1) is 6.92 Å². The van der Waals surface area contributed by atoms with Crippen molar-refractivity contribution in [1.82, 2.24) is 14.8 Å². The summed E-state index contributed by atoms with van der Waals surface area (Å²) in [5, 5.41) is 3.52. The van der Waals surface area contributed by atoms with Crippen LogP contribution in [-0.4, -0.2) is 42.6 Å². The highest BCUT2D eigenvalue weighted by Gasteiger charge is 2.50. The summed E-state index contributed by atoms with van der Waals surface area (Å²) in [6.07, 6.45) is 0. The molecule has 9 nitrogen and oxygen atoms in total. The molecule has 0 saturated heterocycles. The fourth-order valence-electron chi connectivity index (χ4n) is 2.41. The van der Waals surface area contributed by atoms with Crippen LogP contribution in [0.3, 0.4) is 0 Å². The summed E-state index contributed by atoms with van der Waals surface area (Å²) in [4.78, 5) is 3.57. The summed E-state index contributed by atoms with van der Waals surface area (Å²) >= 11 is 0. The molecule has 0 spiro atoms. The van der Waals surface area contributed by atoms with Gasteiger partial charge in [-0.2, -0.15) is 53.3 Å². The lowest BCUT2D eigenvalue weighted by Gasteiger charge is -2.13. The monoisotopic (exact) mass is 505 g/mol. The minimum absolute atomic E-state index is 0.131. The van der Waals surface area contributed by atoms with Gasteiger partial charge in [-0.3, -0.25) is 0 Å². The molecule has 0 atom stereocenters. The Labute approximate surface area is 175 Å². The zero-order chi connectivity index (χ0) is 24.1. The minimum atomic E-state index is -6.30. The van der Waals surface area contributed by atoms with Crippen LogP contribution < -0.4 is 8.37 Å². The molecule has 0 fully saturated rings. The summed E-state index contributed by atoms with van der Waals surface area (Å²) < 4.78 is 131. The van der Waals surface area contributed by atoms with Gasteiger partial charge in [-0.05, 0) is 19.1 Å². The van der Waals surface area contributed by atoms with Crippen LogP contribution >= 0.6 is 0 Å². The summed E-state index contributed by atoms with van der Waals surface area (Å²) in [6, 6.07) is 7.64.